The summed E-state index contributed by atoms with van der Waals surface area (Å²) >= 11 is 6.85. The fourth-order valence-electron chi connectivity index (χ4n) is 2.34. The first-order valence-electron chi connectivity index (χ1n) is 6.98. The highest BCUT2D eigenvalue weighted by Gasteiger charge is 2.25. The molecule has 0 aromatic heterocycles. The second-order valence-corrected chi connectivity index (χ2v) is 6.84. The van der Waals surface area contributed by atoms with E-state index in [2.05, 4.69) is 36.9 Å². The number of esters is 1. The summed E-state index contributed by atoms with van der Waals surface area (Å²) in [6.07, 6.45) is 1.65. The molecule has 2 aliphatic heterocycles. The first-order valence-corrected chi connectivity index (χ1v) is 8.56. The Morgan fingerprint density at radius 1 is 1.08 bits per heavy atom. The molecule has 2 aromatic carbocycles. The van der Waals surface area contributed by atoms with Crippen molar-refractivity contribution in [2.24, 2.45) is 4.99 Å². The van der Waals surface area contributed by atoms with Gasteiger partial charge in [-0.3, -0.25) is 0 Å². The topological polar surface area (TPSA) is 57.1 Å². The fraction of sp³-hybridized carbons (Fsp3) is 0.0588. The Balaban J connectivity index is 1.71. The van der Waals surface area contributed by atoms with Gasteiger partial charge in [-0.05, 0) is 42.0 Å². The van der Waals surface area contributed by atoms with Crippen molar-refractivity contribution in [2.45, 2.75) is 0 Å². The third kappa shape index (κ3) is 2.85. The standard InChI is InChI=1S/C17H9Br2NO4/c18-11-3-1-2-9(4-11)16-20-13(17(21)24-16)5-10-6-14-15(7-12(10)19)23-8-22-14/h1-7H,8H2. The van der Waals surface area contributed by atoms with E-state index in [4.69, 9.17) is 14.2 Å². The van der Waals surface area contributed by atoms with Crippen LogP contribution in [0.4, 0.5) is 0 Å². The highest BCUT2D eigenvalue weighted by molar-refractivity contribution is 9.10. The molecule has 0 unspecified atom stereocenters. The summed E-state index contributed by atoms with van der Waals surface area (Å²) in [4.78, 5) is 16.4. The smallest absolute Gasteiger partial charge is 0.363 e. The third-order valence-electron chi connectivity index (χ3n) is 3.48. The molecule has 4 rings (SSSR count). The second-order valence-electron chi connectivity index (χ2n) is 5.07. The molecule has 5 nitrogen and oxygen atoms in total. The minimum atomic E-state index is -0.491. The van der Waals surface area contributed by atoms with Crippen LogP contribution in [0.25, 0.3) is 6.08 Å². The second kappa shape index (κ2) is 6.07. The average molecular weight is 451 g/mol. The SMILES string of the molecule is O=C1OC(c2cccc(Br)c2)=NC1=Cc1cc2c(cc1Br)OCO2. The van der Waals surface area contributed by atoms with E-state index >= 15 is 0 Å². The van der Waals surface area contributed by atoms with Gasteiger partial charge in [0.1, 0.15) is 0 Å². The van der Waals surface area contributed by atoms with E-state index in [0.717, 1.165) is 20.1 Å². The van der Waals surface area contributed by atoms with Crippen LogP contribution in [-0.2, 0) is 9.53 Å². The highest BCUT2D eigenvalue weighted by atomic mass is 79.9. The van der Waals surface area contributed by atoms with Crippen molar-refractivity contribution in [2.75, 3.05) is 6.79 Å². The van der Waals surface area contributed by atoms with Crippen molar-refractivity contribution in [1.82, 2.24) is 0 Å². The van der Waals surface area contributed by atoms with Crippen LogP contribution in [0.1, 0.15) is 11.1 Å². The Bertz CT molecular complexity index is 921. The summed E-state index contributed by atoms with van der Waals surface area (Å²) < 4.78 is 17.6. The van der Waals surface area contributed by atoms with Gasteiger partial charge in [-0.25, -0.2) is 9.79 Å². The van der Waals surface area contributed by atoms with Gasteiger partial charge in [0.05, 0.1) is 0 Å². The number of cyclic esters (lactones) is 1. The molecule has 24 heavy (non-hydrogen) atoms. The number of ether oxygens (including phenoxy) is 3. The average Bonchev–Trinajstić information content (AvgIpc) is 3.14. The molecule has 0 fully saturated rings. The van der Waals surface area contributed by atoms with Crippen LogP contribution in [-0.4, -0.2) is 18.7 Å². The lowest BCUT2D eigenvalue weighted by Crippen LogP contribution is -2.05. The molecule has 2 aliphatic rings. The number of hydrogen-bond acceptors (Lipinski definition) is 5. The Labute approximate surface area is 154 Å². The van der Waals surface area contributed by atoms with Gasteiger partial charge in [0.15, 0.2) is 17.2 Å². The van der Waals surface area contributed by atoms with Gasteiger partial charge < -0.3 is 14.2 Å². The largest absolute Gasteiger partial charge is 0.454 e. The molecule has 0 spiro atoms. The molecule has 0 N–H and O–H groups in total. The van der Waals surface area contributed by atoms with E-state index in [1.165, 1.54) is 0 Å². The van der Waals surface area contributed by atoms with E-state index < -0.39 is 5.97 Å². The predicted octanol–water partition coefficient (Wildman–Crippen LogP) is 4.28. The quantitative estimate of drug-likeness (QED) is 0.506. The van der Waals surface area contributed by atoms with E-state index in [-0.39, 0.29) is 18.4 Å². The van der Waals surface area contributed by atoms with Gasteiger partial charge in [-0.1, -0.05) is 37.9 Å². The fourth-order valence-corrected chi connectivity index (χ4v) is 3.18. The van der Waals surface area contributed by atoms with Crippen LogP contribution in [0.5, 0.6) is 11.5 Å². The first-order chi connectivity index (χ1) is 11.6. The lowest BCUT2D eigenvalue weighted by atomic mass is 10.1. The molecule has 2 heterocycles. The molecule has 0 atom stereocenters. The van der Waals surface area contributed by atoms with E-state index in [9.17, 15) is 4.79 Å². The number of halogens is 2. The predicted molar refractivity (Wildman–Crippen MR) is 95.0 cm³/mol. The number of carbonyl (C=O) groups is 1. The zero-order chi connectivity index (χ0) is 16.7. The molecule has 7 heteroatoms. The van der Waals surface area contributed by atoms with Gasteiger partial charge in [-0.2, -0.15) is 0 Å². The lowest BCUT2D eigenvalue weighted by molar-refractivity contribution is -0.129. The Kier molecular flexibility index (Phi) is 3.90. The number of rotatable bonds is 2. The van der Waals surface area contributed by atoms with Crippen LogP contribution in [0, 0.1) is 0 Å². The first kappa shape index (κ1) is 15.4. The summed E-state index contributed by atoms with van der Waals surface area (Å²) in [7, 11) is 0. The molecule has 0 amide bonds. The van der Waals surface area contributed by atoms with Crippen LogP contribution >= 0.6 is 31.9 Å². The minimum Gasteiger partial charge on any atom is -0.454 e. The molecule has 120 valence electrons. The summed E-state index contributed by atoms with van der Waals surface area (Å²) in [6, 6.07) is 11.0. The summed E-state index contributed by atoms with van der Waals surface area (Å²) in [5.74, 6) is 1.09. The van der Waals surface area contributed by atoms with Gasteiger partial charge in [0.25, 0.3) is 0 Å². The van der Waals surface area contributed by atoms with Crippen molar-refractivity contribution in [3.63, 3.8) is 0 Å². The molecule has 0 saturated carbocycles. The molecule has 0 saturated heterocycles. The normalized spacial score (nSPS) is 17.2. The van der Waals surface area contributed by atoms with Crippen LogP contribution in [0.3, 0.4) is 0 Å². The minimum absolute atomic E-state index is 0.190. The molecule has 0 aliphatic carbocycles. The number of aliphatic imine (C=N–C) groups is 1. The maximum Gasteiger partial charge on any atom is 0.363 e. The number of carbonyl (C=O) groups excluding carboxylic acids is 1. The number of hydrogen-bond donors (Lipinski definition) is 0. The van der Waals surface area contributed by atoms with Crippen molar-refractivity contribution in [1.29, 1.82) is 0 Å². The van der Waals surface area contributed by atoms with E-state index in [1.807, 2.05) is 24.3 Å². The molecular weight excluding hydrogens is 442 g/mol. The molecular formula is C17H9Br2NO4. The molecule has 0 radical (unpaired) electrons. The third-order valence-corrected chi connectivity index (χ3v) is 4.66. The van der Waals surface area contributed by atoms with Crippen LogP contribution in [0.2, 0.25) is 0 Å². The van der Waals surface area contributed by atoms with Gasteiger partial charge in [0.2, 0.25) is 12.7 Å². The lowest BCUT2D eigenvalue weighted by Gasteiger charge is -2.02. The number of nitrogens with zero attached hydrogens (tertiary/aromatic N) is 1. The highest BCUT2D eigenvalue weighted by Crippen LogP contribution is 2.38. The van der Waals surface area contributed by atoms with Gasteiger partial charge >= 0.3 is 5.97 Å². The van der Waals surface area contributed by atoms with Crippen molar-refractivity contribution >= 4 is 49.8 Å². The number of fused-ring (bicyclic) bond motifs is 1. The Morgan fingerprint density at radius 3 is 2.67 bits per heavy atom. The zero-order valence-electron chi connectivity index (χ0n) is 12.1. The Morgan fingerprint density at radius 2 is 1.88 bits per heavy atom. The monoisotopic (exact) mass is 449 g/mol. The summed E-state index contributed by atoms with van der Waals surface area (Å²) in [6.45, 7) is 0.190. The summed E-state index contributed by atoms with van der Waals surface area (Å²) in [5.41, 5.74) is 1.71. The van der Waals surface area contributed by atoms with Crippen LogP contribution < -0.4 is 9.47 Å². The van der Waals surface area contributed by atoms with Crippen molar-refractivity contribution in [3.8, 4) is 11.5 Å². The van der Waals surface area contributed by atoms with E-state index in [0.29, 0.717) is 11.5 Å². The van der Waals surface area contributed by atoms with Gasteiger partial charge in [0, 0.05) is 14.5 Å². The number of benzene rings is 2. The van der Waals surface area contributed by atoms with Crippen LogP contribution in [0.15, 0.2) is 56.0 Å². The molecule has 2 aromatic rings. The maximum atomic E-state index is 12.1. The summed E-state index contributed by atoms with van der Waals surface area (Å²) in [5, 5.41) is 0. The maximum absolute atomic E-state index is 12.1. The Hall–Kier alpha value is -2.12. The van der Waals surface area contributed by atoms with Gasteiger partial charge in [-0.15, -0.1) is 0 Å². The van der Waals surface area contributed by atoms with Crippen molar-refractivity contribution < 1.29 is 19.0 Å². The molecule has 0 bridgehead atoms. The van der Waals surface area contributed by atoms with Crippen molar-refractivity contribution in [3.05, 3.63) is 62.2 Å². The van der Waals surface area contributed by atoms with E-state index in [1.54, 1.807) is 18.2 Å². The zero-order valence-corrected chi connectivity index (χ0v) is 15.3.